The zero-order valence-corrected chi connectivity index (χ0v) is 14.2. The van der Waals surface area contributed by atoms with E-state index in [9.17, 15) is 9.59 Å². The van der Waals surface area contributed by atoms with Gasteiger partial charge in [-0.3, -0.25) is 14.6 Å². The molecule has 26 heavy (non-hydrogen) atoms. The number of anilines is 1. The van der Waals surface area contributed by atoms with Crippen molar-refractivity contribution in [2.24, 2.45) is 0 Å². The van der Waals surface area contributed by atoms with E-state index in [-0.39, 0.29) is 24.8 Å². The summed E-state index contributed by atoms with van der Waals surface area (Å²) >= 11 is 0. The zero-order valence-electron chi connectivity index (χ0n) is 14.2. The third kappa shape index (κ3) is 4.54. The van der Waals surface area contributed by atoms with Crippen molar-refractivity contribution in [1.82, 2.24) is 10.3 Å². The molecule has 1 heterocycles. The third-order valence-corrected chi connectivity index (χ3v) is 3.86. The average molecular weight is 345 g/mol. The number of nitrogens with zero attached hydrogens (tertiary/aromatic N) is 1. The molecular formula is C21H19N3O2. The Hall–Kier alpha value is -3.47. The maximum absolute atomic E-state index is 12.5. The normalized spacial score (nSPS) is 10.2. The molecule has 0 aliphatic heterocycles. The van der Waals surface area contributed by atoms with Crippen LogP contribution in [0.5, 0.6) is 0 Å². The molecule has 0 radical (unpaired) electrons. The average Bonchev–Trinajstić information content (AvgIpc) is 2.69. The second-order valence-corrected chi connectivity index (χ2v) is 5.70. The molecule has 0 saturated carbocycles. The summed E-state index contributed by atoms with van der Waals surface area (Å²) in [5, 5.41) is 5.58. The van der Waals surface area contributed by atoms with E-state index < -0.39 is 0 Å². The summed E-state index contributed by atoms with van der Waals surface area (Å²) in [4.78, 5) is 28.4. The van der Waals surface area contributed by atoms with Gasteiger partial charge in [-0.15, -0.1) is 0 Å². The number of carbonyl (C=O) groups is 2. The Labute approximate surface area is 152 Å². The molecule has 3 rings (SSSR count). The van der Waals surface area contributed by atoms with E-state index in [0.29, 0.717) is 11.3 Å². The molecule has 2 aromatic carbocycles. The zero-order chi connectivity index (χ0) is 18.2. The Morgan fingerprint density at radius 3 is 2.31 bits per heavy atom. The minimum atomic E-state index is -0.193. The van der Waals surface area contributed by atoms with Crippen LogP contribution in [-0.2, 0) is 4.79 Å². The van der Waals surface area contributed by atoms with E-state index in [4.69, 9.17) is 0 Å². The van der Waals surface area contributed by atoms with Gasteiger partial charge in [0.15, 0.2) is 0 Å². The molecule has 130 valence electrons. The van der Waals surface area contributed by atoms with Crippen LogP contribution in [0.3, 0.4) is 0 Å². The minimum absolute atomic E-state index is 0.159. The summed E-state index contributed by atoms with van der Waals surface area (Å²) in [5.74, 6) is -0.353. The molecule has 0 spiro atoms. The molecule has 5 heteroatoms. The van der Waals surface area contributed by atoms with Gasteiger partial charge in [0.05, 0.1) is 0 Å². The third-order valence-electron chi connectivity index (χ3n) is 3.86. The van der Waals surface area contributed by atoms with Crippen molar-refractivity contribution in [3.05, 3.63) is 84.7 Å². The fraction of sp³-hybridized carbons (Fsp3) is 0.0952. The summed E-state index contributed by atoms with van der Waals surface area (Å²) in [6.45, 7) is 0.263. The van der Waals surface area contributed by atoms with Crippen LogP contribution < -0.4 is 10.6 Å². The smallest absolute Gasteiger partial charge is 0.251 e. The van der Waals surface area contributed by atoms with Crippen LogP contribution in [0.1, 0.15) is 16.8 Å². The van der Waals surface area contributed by atoms with Gasteiger partial charge in [0, 0.05) is 36.6 Å². The number of hydrogen-bond donors (Lipinski definition) is 2. The van der Waals surface area contributed by atoms with Gasteiger partial charge in [-0.2, -0.15) is 0 Å². The lowest BCUT2D eigenvalue weighted by atomic mass is 9.99. The van der Waals surface area contributed by atoms with Crippen LogP contribution in [0.15, 0.2) is 79.1 Å². The number of benzene rings is 2. The van der Waals surface area contributed by atoms with Crippen LogP contribution >= 0.6 is 0 Å². The van der Waals surface area contributed by atoms with Crippen molar-refractivity contribution >= 4 is 17.5 Å². The van der Waals surface area contributed by atoms with Crippen molar-refractivity contribution in [3.63, 3.8) is 0 Å². The SMILES string of the molecule is O=C(CCNC(=O)c1ccccc1-c1ccccc1)Nc1ccncc1. The van der Waals surface area contributed by atoms with Crippen LogP contribution in [0.2, 0.25) is 0 Å². The van der Waals surface area contributed by atoms with Crippen LogP contribution in [0, 0.1) is 0 Å². The monoisotopic (exact) mass is 345 g/mol. The number of nitrogens with one attached hydrogen (secondary N) is 2. The quantitative estimate of drug-likeness (QED) is 0.718. The lowest BCUT2D eigenvalue weighted by Gasteiger charge is -2.10. The Bertz CT molecular complexity index is 880. The maximum Gasteiger partial charge on any atom is 0.251 e. The number of amides is 2. The summed E-state index contributed by atoms with van der Waals surface area (Å²) in [6.07, 6.45) is 3.41. The molecule has 0 fully saturated rings. The van der Waals surface area contributed by atoms with E-state index in [0.717, 1.165) is 11.1 Å². The summed E-state index contributed by atoms with van der Waals surface area (Å²) in [5.41, 5.74) is 3.12. The van der Waals surface area contributed by atoms with Gasteiger partial charge in [-0.25, -0.2) is 0 Å². The highest BCUT2D eigenvalue weighted by molar-refractivity contribution is 6.01. The largest absolute Gasteiger partial charge is 0.352 e. The molecule has 2 N–H and O–H groups in total. The summed E-state index contributed by atoms with van der Waals surface area (Å²) < 4.78 is 0. The number of carbonyl (C=O) groups excluding carboxylic acids is 2. The van der Waals surface area contributed by atoms with Crippen LogP contribution in [-0.4, -0.2) is 23.3 Å². The van der Waals surface area contributed by atoms with Crippen molar-refractivity contribution in [3.8, 4) is 11.1 Å². The van der Waals surface area contributed by atoms with Gasteiger partial charge in [-0.1, -0.05) is 48.5 Å². The molecule has 0 unspecified atom stereocenters. The topological polar surface area (TPSA) is 71.1 Å². The van der Waals surface area contributed by atoms with E-state index in [1.165, 1.54) is 0 Å². The van der Waals surface area contributed by atoms with Gasteiger partial charge < -0.3 is 10.6 Å². The summed E-state index contributed by atoms with van der Waals surface area (Å²) in [6, 6.07) is 20.6. The molecule has 0 aliphatic rings. The number of pyridine rings is 1. The predicted octanol–water partition coefficient (Wildman–Crippen LogP) is 3.51. The minimum Gasteiger partial charge on any atom is -0.352 e. The highest BCUT2D eigenvalue weighted by Crippen LogP contribution is 2.23. The fourth-order valence-corrected chi connectivity index (χ4v) is 2.59. The van der Waals surface area contributed by atoms with Crippen molar-refractivity contribution in [1.29, 1.82) is 0 Å². The molecule has 5 nitrogen and oxygen atoms in total. The second-order valence-electron chi connectivity index (χ2n) is 5.70. The van der Waals surface area contributed by atoms with Gasteiger partial charge in [0.2, 0.25) is 5.91 Å². The van der Waals surface area contributed by atoms with E-state index >= 15 is 0 Å². The first kappa shape index (κ1) is 17.4. The van der Waals surface area contributed by atoms with Gasteiger partial charge in [-0.05, 0) is 29.3 Å². The molecule has 0 atom stereocenters. The Kier molecular flexibility index (Phi) is 5.72. The lowest BCUT2D eigenvalue weighted by molar-refractivity contribution is -0.116. The van der Waals surface area contributed by atoms with Crippen LogP contribution in [0.25, 0.3) is 11.1 Å². The first-order chi connectivity index (χ1) is 12.7. The molecule has 0 saturated heterocycles. The van der Waals surface area contributed by atoms with E-state index in [2.05, 4.69) is 15.6 Å². The highest BCUT2D eigenvalue weighted by Gasteiger charge is 2.12. The summed E-state index contributed by atoms with van der Waals surface area (Å²) in [7, 11) is 0. The van der Waals surface area contributed by atoms with Crippen molar-refractivity contribution < 1.29 is 9.59 Å². The van der Waals surface area contributed by atoms with Gasteiger partial charge in [0.1, 0.15) is 0 Å². The fourth-order valence-electron chi connectivity index (χ4n) is 2.59. The maximum atomic E-state index is 12.5. The van der Waals surface area contributed by atoms with E-state index in [1.54, 1.807) is 30.6 Å². The number of aromatic nitrogens is 1. The first-order valence-corrected chi connectivity index (χ1v) is 8.36. The Morgan fingerprint density at radius 1 is 0.846 bits per heavy atom. The molecule has 0 aliphatic carbocycles. The number of hydrogen-bond acceptors (Lipinski definition) is 3. The van der Waals surface area contributed by atoms with Crippen molar-refractivity contribution in [2.45, 2.75) is 6.42 Å². The van der Waals surface area contributed by atoms with Gasteiger partial charge in [0.25, 0.3) is 5.91 Å². The molecule has 0 bridgehead atoms. The second kappa shape index (κ2) is 8.58. The molecule has 3 aromatic rings. The molecule has 1 aromatic heterocycles. The Balaban J connectivity index is 1.58. The van der Waals surface area contributed by atoms with Gasteiger partial charge >= 0.3 is 0 Å². The molecule has 2 amide bonds. The van der Waals surface area contributed by atoms with Crippen LogP contribution in [0.4, 0.5) is 5.69 Å². The standard InChI is InChI=1S/C21H19N3O2/c25-20(24-17-10-13-22-14-11-17)12-15-23-21(26)19-9-5-4-8-18(19)16-6-2-1-3-7-16/h1-11,13-14H,12,15H2,(H,23,26)(H,22,24,25). The van der Waals surface area contributed by atoms with Crippen molar-refractivity contribution in [2.75, 3.05) is 11.9 Å². The lowest BCUT2D eigenvalue weighted by Crippen LogP contribution is -2.28. The Morgan fingerprint density at radius 2 is 1.54 bits per heavy atom. The number of rotatable bonds is 6. The predicted molar refractivity (Wildman–Crippen MR) is 102 cm³/mol. The van der Waals surface area contributed by atoms with E-state index in [1.807, 2.05) is 48.5 Å². The molecular weight excluding hydrogens is 326 g/mol. The highest BCUT2D eigenvalue weighted by atomic mass is 16.2. The first-order valence-electron chi connectivity index (χ1n) is 8.36.